The van der Waals surface area contributed by atoms with E-state index in [1.54, 1.807) is 0 Å². The van der Waals surface area contributed by atoms with E-state index in [0.29, 0.717) is 6.42 Å². The Morgan fingerprint density at radius 3 is 2.00 bits per heavy atom. The summed E-state index contributed by atoms with van der Waals surface area (Å²) in [4.78, 5) is 60.4. The van der Waals surface area contributed by atoms with Gasteiger partial charge in [0.2, 0.25) is 23.4 Å². The second-order valence-corrected chi connectivity index (χ2v) is 8.54. The third-order valence-electron chi connectivity index (χ3n) is 4.81. The van der Waals surface area contributed by atoms with Crippen molar-refractivity contribution in [3.05, 3.63) is 0 Å². The van der Waals surface area contributed by atoms with Crippen molar-refractivity contribution in [1.29, 1.82) is 0 Å². The Morgan fingerprint density at radius 2 is 1.55 bits per heavy atom. The van der Waals surface area contributed by atoms with E-state index in [9.17, 15) is 24.0 Å². The van der Waals surface area contributed by atoms with Crippen molar-refractivity contribution in [3.8, 4) is 0 Å². The number of rotatable bonds is 16. The molecule has 33 heavy (non-hydrogen) atoms. The lowest BCUT2D eigenvalue weighted by atomic mass is 10.00. The highest BCUT2D eigenvalue weighted by Crippen LogP contribution is 2.07. The molecular weight excluding hydrogens is 434 g/mol. The summed E-state index contributed by atoms with van der Waals surface area (Å²) >= 11 is 0. The molecule has 0 saturated heterocycles. The summed E-state index contributed by atoms with van der Waals surface area (Å²) in [7, 11) is 0. The van der Waals surface area contributed by atoms with E-state index in [4.69, 9.17) is 22.3 Å². The number of hydrogen-bond donors (Lipinski definition) is 8. The molecule has 0 heterocycles. The molecule has 0 spiro atoms. The summed E-state index contributed by atoms with van der Waals surface area (Å²) in [6.07, 6.45) is -0.0677. The van der Waals surface area contributed by atoms with Gasteiger partial charge in [-0.25, -0.2) is 4.79 Å². The molecule has 13 heteroatoms. The van der Waals surface area contributed by atoms with Gasteiger partial charge in [-0.3, -0.25) is 19.2 Å². The van der Waals surface area contributed by atoms with Crippen LogP contribution in [0.4, 0.5) is 4.79 Å². The van der Waals surface area contributed by atoms with Gasteiger partial charge < -0.3 is 43.6 Å². The van der Waals surface area contributed by atoms with E-state index >= 15 is 0 Å². The number of urea groups is 1. The van der Waals surface area contributed by atoms with Crippen molar-refractivity contribution in [3.63, 3.8) is 0 Å². The lowest BCUT2D eigenvalue weighted by Crippen LogP contribution is -2.57. The van der Waals surface area contributed by atoms with E-state index in [0.717, 1.165) is 0 Å². The van der Waals surface area contributed by atoms with Crippen LogP contribution in [0.3, 0.4) is 0 Å². The van der Waals surface area contributed by atoms with Crippen molar-refractivity contribution in [2.24, 2.45) is 29.0 Å². The number of amides is 4. The maximum Gasteiger partial charge on any atom is 0.315 e. The van der Waals surface area contributed by atoms with Crippen LogP contribution in [0.25, 0.3) is 0 Å². The molecule has 0 fully saturated rings. The molecule has 0 radical (unpaired) electrons. The van der Waals surface area contributed by atoms with Gasteiger partial charge in [-0.1, -0.05) is 27.7 Å². The van der Waals surface area contributed by atoms with Gasteiger partial charge >= 0.3 is 6.03 Å². The number of nitrogens with two attached hydrogens (primary N) is 3. The number of Topliss-reactive ketones (excluding diaryl/α,β-unsaturated/α-hetero) is 2. The van der Waals surface area contributed by atoms with E-state index in [1.807, 2.05) is 27.7 Å². The predicted octanol–water partition coefficient (Wildman–Crippen LogP) is -2.95. The largest absolute Gasteiger partial charge is 0.394 e. The Labute approximate surface area is 193 Å². The molecule has 0 aromatic heterocycles. The Balaban J connectivity index is 5.26. The van der Waals surface area contributed by atoms with Crippen LogP contribution in [0.1, 0.15) is 40.5 Å². The van der Waals surface area contributed by atoms with Crippen LogP contribution < -0.4 is 38.5 Å². The molecule has 0 aromatic rings. The van der Waals surface area contributed by atoms with Gasteiger partial charge in [-0.05, 0) is 18.3 Å². The van der Waals surface area contributed by atoms with E-state index in [1.165, 1.54) is 0 Å². The topological polar surface area (TPSA) is 232 Å². The fourth-order valence-electron chi connectivity index (χ4n) is 2.92. The predicted molar refractivity (Wildman–Crippen MR) is 121 cm³/mol. The van der Waals surface area contributed by atoms with Crippen molar-refractivity contribution in [1.82, 2.24) is 21.3 Å². The van der Waals surface area contributed by atoms with Crippen LogP contribution >= 0.6 is 0 Å². The molecule has 0 rings (SSSR count). The normalized spacial score (nSPS) is 14.8. The molecular formula is C20H39N7O6. The first-order valence-electron chi connectivity index (χ1n) is 10.8. The van der Waals surface area contributed by atoms with Gasteiger partial charge in [-0.15, -0.1) is 0 Å². The molecule has 0 saturated carbocycles. The maximum atomic E-state index is 12.5. The highest BCUT2D eigenvalue weighted by molar-refractivity contribution is 6.41. The number of primary amides is 1. The molecule has 0 aliphatic carbocycles. The zero-order chi connectivity index (χ0) is 25.7. The summed E-state index contributed by atoms with van der Waals surface area (Å²) in [5.74, 6) is -3.29. The van der Waals surface area contributed by atoms with Crippen molar-refractivity contribution >= 4 is 29.4 Å². The quantitative estimate of drug-likeness (QED) is 0.0844. The van der Waals surface area contributed by atoms with Crippen LogP contribution in [0, 0.1) is 11.8 Å². The van der Waals surface area contributed by atoms with Crippen LogP contribution in [0.15, 0.2) is 0 Å². The van der Waals surface area contributed by atoms with Gasteiger partial charge in [0.15, 0.2) is 0 Å². The van der Waals surface area contributed by atoms with Gasteiger partial charge in [0.05, 0.1) is 31.8 Å². The number of hydrogen-bond acceptors (Lipinski definition) is 9. The lowest BCUT2D eigenvalue weighted by molar-refractivity contribution is -0.139. The average molecular weight is 474 g/mol. The Hall–Kier alpha value is -2.61. The molecule has 190 valence electrons. The average Bonchev–Trinajstić information content (AvgIpc) is 2.72. The molecule has 4 amide bonds. The van der Waals surface area contributed by atoms with Crippen molar-refractivity contribution in [2.75, 3.05) is 19.8 Å². The zero-order valence-electron chi connectivity index (χ0n) is 19.7. The molecule has 0 bridgehead atoms. The van der Waals surface area contributed by atoms with Gasteiger partial charge in [0, 0.05) is 12.6 Å². The molecule has 0 aromatic carbocycles. The number of carbonyl (C=O) groups excluding carboxylic acids is 5. The van der Waals surface area contributed by atoms with Gasteiger partial charge in [-0.2, -0.15) is 0 Å². The molecule has 0 aliphatic rings. The minimum atomic E-state index is -1.53. The molecule has 13 nitrogen and oxygen atoms in total. The highest BCUT2D eigenvalue weighted by atomic mass is 16.3. The first-order chi connectivity index (χ1) is 15.3. The smallest absolute Gasteiger partial charge is 0.315 e. The molecule has 11 N–H and O–H groups in total. The van der Waals surface area contributed by atoms with E-state index < -0.39 is 60.7 Å². The van der Waals surface area contributed by atoms with Gasteiger partial charge in [0.1, 0.15) is 6.04 Å². The van der Waals surface area contributed by atoms with E-state index in [-0.39, 0.29) is 31.0 Å². The van der Waals surface area contributed by atoms with Crippen LogP contribution in [0.2, 0.25) is 0 Å². The number of nitrogens with one attached hydrogen (secondary N) is 4. The molecule has 4 atom stereocenters. The minimum absolute atomic E-state index is 0.00267. The maximum absolute atomic E-state index is 12.5. The van der Waals surface area contributed by atoms with Crippen LogP contribution in [-0.4, -0.2) is 78.5 Å². The monoisotopic (exact) mass is 473 g/mol. The minimum Gasteiger partial charge on any atom is -0.394 e. The fourth-order valence-corrected chi connectivity index (χ4v) is 2.92. The first kappa shape index (κ1) is 30.4. The Kier molecular flexibility index (Phi) is 14.1. The molecule has 0 aliphatic heterocycles. The van der Waals surface area contributed by atoms with E-state index in [2.05, 4.69) is 21.3 Å². The van der Waals surface area contributed by atoms with Crippen molar-refractivity contribution in [2.45, 2.75) is 64.7 Å². The summed E-state index contributed by atoms with van der Waals surface area (Å²) in [6.45, 7) is 7.09. The lowest BCUT2D eigenvalue weighted by Gasteiger charge is -2.27. The second kappa shape index (κ2) is 15.3. The summed E-state index contributed by atoms with van der Waals surface area (Å²) in [6, 6.07) is -4.81. The SMILES string of the molecule is CC(C)CC(NCC(NC(=O)N[C@@H](CC(N)=O)C(=O)C(=O)[C@@H](N)CO)C(C)C)C(=O)NCN. The van der Waals surface area contributed by atoms with Crippen LogP contribution in [0.5, 0.6) is 0 Å². The first-order valence-corrected chi connectivity index (χ1v) is 10.8. The fraction of sp³-hybridized carbons (Fsp3) is 0.750. The standard InChI is InChI=1S/C20H39N7O6/c1-10(2)5-14(19(32)25-9-21)24-7-15(11(3)4)27-20(33)26-13(6-16(23)29)18(31)17(30)12(22)8-28/h10-15,24,28H,5-9,21-22H2,1-4H3,(H2,23,29)(H,25,32)(H2,26,27,33)/t12-,13-,14?,15?/m0/s1. The third kappa shape index (κ3) is 11.7. The van der Waals surface area contributed by atoms with Crippen LogP contribution in [-0.2, 0) is 19.2 Å². The second-order valence-electron chi connectivity index (χ2n) is 8.54. The Morgan fingerprint density at radius 1 is 0.939 bits per heavy atom. The van der Waals surface area contributed by atoms with Gasteiger partial charge in [0.25, 0.3) is 0 Å². The van der Waals surface area contributed by atoms with Crippen molar-refractivity contribution < 1.29 is 29.1 Å². The third-order valence-corrected chi connectivity index (χ3v) is 4.81. The number of carbonyl (C=O) groups is 5. The number of ketones is 2. The number of aliphatic hydroxyl groups excluding tert-OH is 1. The zero-order valence-corrected chi connectivity index (χ0v) is 19.7. The summed E-state index contributed by atoms with van der Waals surface area (Å²) in [5, 5.41) is 19.6. The Bertz CT molecular complexity index is 686. The number of aliphatic hydroxyl groups is 1. The summed E-state index contributed by atoms with van der Waals surface area (Å²) in [5.41, 5.74) is 15.9. The summed E-state index contributed by atoms with van der Waals surface area (Å²) < 4.78 is 0. The highest BCUT2D eigenvalue weighted by Gasteiger charge is 2.32. The molecule has 2 unspecified atom stereocenters.